The van der Waals surface area contributed by atoms with Crippen molar-refractivity contribution in [2.45, 2.75) is 32.4 Å². The molecule has 0 saturated heterocycles. The number of aliphatic hydroxyl groups is 1. The average Bonchev–Trinajstić information content (AvgIpc) is 2.78. The van der Waals surface area contributed by atoms with E-state index < -0.39 is 0 Å². The van der Waals surface area contributed by atoms with Crippen molar-refractivity contribution in [3.8, 4) is 0 Å². The predicted molar refractivity (Wildman–Crippen MR) is 80.9 cm³/mol. The van der Waals surface area contributed by atoms with E-state index in [1.807, 2.05) is 35.0 Å². The molecule has 2 aromatic rings. The normalized spacial score (nSPS) is 12.6. The number of amides is 1. The molecule has 1 aromatic carbocycles. The second-order valence-corrected chi connectivity index (χ2v) is 5.39. The molecule has 4 nitrogen and oxygen atoms in total. The standard InChI is InChI=1S/C15H19ClN2O2/c1-11(19)4-7-17-15(20)6-9-18-8-5-12-10-13(16)2-3-14(12)18/h2-3,5,8,10-11,19H,4,6-7,9H2,1H3,(H,17,20). The average molecular weight is 295 g/mol. The minimum Gasteiger partial charge on any atom is -0.393 e. The Labute approximate surface area is 123 Å². The number of nitrogens with one attached hydrogen (secondary N) is 1. The van der Waals surface area contributed by atoms with Crippen LogP contribution in [0.3, 0.4) is 0 Å². The van der Waals surface area contributed by atoms with Crippen LogP contribution in [0.15, 0.2) is 30.5 Å². The summed E-state index contributed by atoms with van der Waals surface area (Å²) in [5.74, 6) is 0.00136. The first kappa shape index (κ1) is 14.9. The number of rotatable bonds is 6. The third kappa shape index (κ3) is 3.99. The van der Waals surface area contributed by atoms with Crippen molar-refractivity contribution >= 4 is 28.4 Å². The van der Waals surface area contributed by atoms with E-state index in [-0.39, 0.29) is 12.0 Å². The molecular weight excluding hydrogens is 276 g/mol. The van der Waals surface area contributed by atoms with Crippen LogP contribution in [-0.4, -0.2) is 28.2 Å². The molecule has 1 heterocycles. The molecule has 5 heteroatoms. The van der Waals surface area contributed by atoms with Crippen LogP contribution in [-0.2, 0) is 11.3 Å². The number of aryl methyl sites for hydroxylation is 1. The summed E-state index contributed by atoms with van der Waals surface area (Å²) in [6.07, 6.45) is 2.58. The molecule has 0 saturated carbocycles. The molecule has 1 aromatic heterocycles. The van der Waals surface area contributed by atoms with Gasteiger partial charge in [-0.2, -0.15) is 0 Å². The Morgan fingerprint density at radius 1 is 1.45 bits per heavy atom. The smallest absolute Gasteiger partial charge is 0.221 e. The van der Waals surface area contributed by atoms with E-state index in [2.05, 4.69) is 5.32 Å². The maximum Gasteiger partial charge on any atom is 0.221 e. The van der Waals surface area contributed by atoms with Crippen LogP contribution in [0, 0.1) is 0 Å². The summed E-state index contributed by atoms with van der Waals surface area (Å²) < 4.78 is 2.04. The number of hydrogen-bond donors (Lipinski definition) is 2. The van der Waals surface area contributed by atoms with E-state index in [0.717, 1.165) is 10.9 Å². The Hall–Kier alpha value is -1.52. The van der Waals surface area contributed by atoms with Crippen molar-refractivity contribution < 1.29 is 9.90 Å². The van der Waals surface area contributed by atoms with Gasteiger partial charge in [0.05, 0.1) is 6.10 Å². The lowest BCUT2D eigenvalue weighted by atomic mass is 10.2. The molecule has 108 valence electrons. The highest BCUT2D eigenvalue weighted by atomic mass is 35.5. The Bertz CT molecular complexity index is 593. The lowest BCUT2D eigenvalue weighted by molar-refractivity contribution is -0.121. The minimum atomic E-state index is -0.381. The first-order valence-electron chi connectivity index (χ1n) is 6.75. The van der Waals surface area contributed by atoms with Gasteiger partial charge in [-0.25, -0.2) is 0 Å². The summed E-state index contributed by atoms with van der Waals surface area (Å²) >= 11 is 5.94. The molecule has 2 rings (SSSR count). The number of nitrogens with zero attached hydrogens (tertiary/aromatic N) is 1. The lowest BCUT2D eigenvalue weighted by Gasteiger charge is -2.08. The number of hydrogen-bond acceptors (Lipinski definition) is 2. The predicted octanol–water partition coefficient (Wildman–Crippen LogP) is 2.57. The first-order chi connectivity index (χ1) is 9.56. The van der Waals surface area contributed by atoms with E-state index in [9.17, 15) is 4.79 Å². The minimum absolute atomic E-state index is 0.00136. The molecule has 1 atom stereocenters. The zero-order valence-corrected chi connectivity index (χ0v) is 12.2. The molecular formula is C15H19ClN2O2. The van der Waals surface area contributed by atoms with E-state index in [1.165, 1.54) is 0 Å². The van der Waals surface area contributed by atoms with Crippen molar-refractivity contribution in [3.63, 3.8) is 0 Å². The number of aromatic nitrogens is 1. The van der Waals surface area contributed by atoms with Crippen LogP contribution in [0.25, 0.3) is 10.9 Å². The van der Waals surface area contributed by atoms with E-state index in [0.29, 0.717) is 31.0 Å². The highest BCUT2D eigenvalue weighted by Crippen LogP contribution is 2.20. The van der Waals surface area contributed by atoms with Crippen LogP contribution in [0.1, 0.15) is 19.8 Å². The van der Waals surface area contributed by atoms with Crippen LogP contribution < -0.4 is 5.32 Å². The summed E-state index contributed by atoms with van der Waals surface area (Å²) in [6.45, 7) is 2.85. The Kier molecular flexibility index (Phi) is 5.04. The fourth-order valence-electron chi connectivity index (χ4n) is 2.10. The molecule has 1 amide bonds. The van der Waals surface area contributed by atoms with E-state index >= 15 is 0 Å². The van der Waals surface area contributed by atoms with Gasteiger partial charge in [0.2, 0.25) is 5.91 Å². The summed E-state index contributed by atoms with van der Waals surface area (Å²) in [4.78, 5) is 11.7. The second kappa shape index (κ2) is 6.77. The van der Waals surface area contributed by atoms with Gasteiger partial charge in [-0.1, -0.05) is 11.6 Å². The monoisotopic (exact) mass is 294 g/mol. The molecule has 0 fully saturated rings. The summed E-state index contributed by atoms with van der Waals surface area (Å²) in [5, 5.41) is 13.7. The van der Waals surface area contributed by atoms with Gasteiger partial charge in [0.1, 0.15) is 0 Å². The van der Waals surface area contributed by atoms with Crippen molar-refractivity contribution in [3.05, 3.63) is 35.5 Å². The molecule has 0 spiro atoms. The van der Waals surface area contributed by atoms with Gasteiger partial charge in [-0.3, -0.25) is 4.79 Å². The SMILES string of the molecule is CC(O)CCNC(=O)CCn1ccc2cc(Cl)ccc21. The largest absolute Gasteiger partial charge is 0.393 e. The maximum atomic E-state index is 11.7. The third-order valence-electron chi connectivity index (χ3n) is 3.20. The molecule has 2 N–H and O–H groups in total. The second-order valence-electron chi connectivity index (χ2n) is 4.95. The summed E-state index contributed by atoms with van der Waals surface area (Å²) in [6, 6.07) is 7.72. The number of fused-ring (bicyclic) bond motifs is 1. The first-order valence-corrected chi connectivity index (χ1v) is 7.13. The molecule has 0 aliphatic heterocycles. The molecule has 1 unspecified atom stereocenters. The van der Waals surface area contributed by atoms with Gasteiger partial charge < -0.3 is 15.0 Å². The van der Waals surface area contributed by atoms with Gasteiger partial charge >= 0.3 is 0 Å². The molecule has 0 aliphatic rings. The Balaban J connectivity index is 1.88. The number of carbonyl (C=O) groups is 1. The van der Waals surface area contributed by atoms with E-state index in [4.69, 9.17) is 16.7 Å². The van der Waals surface area contributed by atoms with E-state index in [1.54, 1.807) is 6.92 Å². The Morgan fingerprint density at radius 2 is 2.25 bits per heavy atom. The van der Waals surface area contributed by atoms with Crippen LogP contribution in [0.4, 0.5) is 0 Å². The molecule has 0 bridgehead atoms. The van der Waals surface area contributed by atoms with Gasteiger partial charge in [0.15, 0.2) is 0 Å². The number of aliphatic hydroxyl groups excluding tert-OH is 1. The number of halogens is 1. The zero-order chi connectivity index (χ0) is 14.5. The van der Waals surface area contributed by atoms with Crippen LogP contribution in [0.5, 0.6) is 0 Å². The summed E-state index contributed by atoms with van der Waals surface area (Å²) in [5.41, 5.74) is 1.08. The quantitative estimate of drug-likeness (QED) is 0.860. The summed E-state index contributed by atoms with van der Waals surface area (Å²) in [7, 11) is 0. The fourth-order valence-corrected chi connectivity index (χ4v) is 2.28. The fraction of sp³-hybridized carbons (Fsp3) is 0.400. The van der Waals surface area contributed by atoms with Gasteiger partial charge in [0.25, 0.3) is 0 Å². The van der Waals surface area contributed by atoms with Gasteiger partial charge in [-0.15, -0.1) is 0 Å². The van der Waals surface area contributed by atoms with Crippen molar-refractivity contribution in [1.29, 1.82) is 0 Å². The van der Waals surface area contributed by atoms with Gasteiger partial charge in [0, 0.05) is 41.6 Å². The number of carbonyl (C=O) groups excluding carboxylic acids is 1. The topological polar surface area (TPSA) is 54.3 Å². The van der Waals surface area contributed by atoms with Crippen LogP contribution in [0.2, 0.25) is 5.02 Å². The Morgan fingerprint density at radius 3 is 3.00 bits per heavy atom. The molecule has 20 heavy (non-hydrogen) atoms. The van der Waals surface area contributed by atoms with Gasteiger partial charge in [-0.05, 0) is 37.6 Å². The van der Waals surface area contributed by atoms with Crippen molar-refractivity contribution in [1.82, 2.24) is 9.88 Å². The third-order valence-corrected chi connectivity index (χ3v) is 3.43. The van der Waals surface area contributed by atoms with Crippen LogP contribution >= 0.6 is 11.6 Å². The highest BCUT2D eigenvalue weighted by molar-refractivity contribution is 6.31. The van der Waals surface area contributed by atoms with Crippen molar-refractivity contribution in [2.75, 3.05) is 6.54 Å². The molecule has 0 aliphatic carbocycles. The highest BCUT2D eigenvalue weighted by Gasteiger charge is 2.05. The lowest BCUT2D eigenvalue weighted by Crippen LogP contribution is -2.27. The number of benzene rings is 1. The van der Waals surface area contributed by atoms with Crippen molar-refractivity contribution in [2.24, 2.45) is 0 Å². The molecule has 0 radical (unpaired) electrons. The maximum absolute atomic E-state index is 11.7. The zero-order valence-electron chi connectivity index (χ0n) is 11.5.